The van der Waals surface area contributed by atoms with Crippen LogP contribution in [0.5, 0.6) is 57.5 Å². The summed E-state index contributed by atoms with van der Waals surface area (Å²) in [6.45, 7) is 0. The molecule has 0 unspecified atom stereocenters. The van der Waals surface area contributed by atoms with E-state index in [0.29, 0.717) is 0 Å². The quantitative estimate of drug-likeness (QED) is 0.125. The minimum atomic E-state index is -1.59. The second-order valence-electron chi connectivity index (χ2n) is 10.3. The third kappa shape index (κ3) is 4.24. The van der Waals surface area contributed by atoms with Gasteiger partial charge >= 0.3 is 0 Å². The Labute approximate surface area is 237 Å². The first-order valence-corrected chi connectivity index (χ1v) is 12.8. The van der Waals surface area contributed by atoms with Crippen molar-refractivity contribution in [1.29, 1.82) is 0 Å². The van der Waals surface area contributed by atoms with Crippen molar-refractivity contribution in [3.8, 4) is 57.5 Å². The molecule has 0 amide bonds. The molecule has 5 atom stereocenters. The number of rotatable bonds is 3. The van der Waals surface area contributed by atoms with Crippen LogP contribution in [0.15, 0.2) is 54.6 Å². The van der Waals surface area contributed by atoms with Gasteiger partial charge in [0.2, 0.25) is 0 Å². The average molecular weight is 580 g/mol. The van der Waals surface area contributed by atoms with Crippen LogP contribution in [0.3, 0.4) is 0 Å². The Bertz CT molecular complexity index is 1720. The summed E-state index contributed by atoms with van der Waals surface area (Å²) >= 11 is 0. The van der Waals surface area contributed by atoms with Crippen LogP contribution in [0.4, 0.5) is 0 Å². The molecular formula is C30H26O12. The molecule has 0 saturated carbocycles. The Balaban J connectivity index is 1.55. The van der Waals surface area contributed by atoms with Gasteiger partial charge in [-0.1, -0.05) is 12.1 Å². The first kappa shape index (κ1) is 27.0. The van der Waals surface area contributed by atoms with Gasteiger partial charge in [-0.2, -0.15) is 0 Å². The second-order valence-corrected chi connectivity index (χ2v) is 10.3. The van der Waals surface area contributed by atoms with Crippen molar-refractivity contribution < 1.29 is 60.5 Å². The fraction of sp³-hybridized carbons (Fsp3) is 0.200. The number of hydrogen-bond acceptors (Lipinski definition) is 12. The van der Waals surface area contributed by atoms with E-state index in [-0.39, 0.29) is 51.5 Å². The lowest BCUT2D eigenvalue weighted by atomic mass is 9.90. The van der Waals surface area contributed by atoms with Gasteiger partial charge in [0.25, 0.3) is 0 Å². The molecule has 218 valence electrons. The third-order valence-corrected chi connectivity index (χ3v) is 7.67. The number of aliphatic hydroxyl groups is 2. The standard InChI is InChI=1S/C30H26O12/c31-13-7-20(37)24-23(8-13)41-29(12-2-4-16(33)19(36)6-12)27(40)26(24)25-21(38)10-17(34)14-9-22(39)28(42-30(14)25)11-1-3-15(32)18(35)5-11/h1-8,10,22,26-29,31-40H,9H2/t22-,26+,27+,28+,29-/m0/s1/i26+1. The Morgan fingerprint density at radius 2 is 1.14 bits per heavy atom. The monoisotopic (exact) mass is 579 g/mol. The lowest BCUT2D eigenvalue weighted by Crippen LogP contribution is -2.36. The number of phenolic OH excluding ortho intramolecular Hbond substituents is 8. The number of ether oxygens (including phenoxy) is 2. The zero-order valence-electron chi connectivity index (χ0n) is 21.6. The van der Waals surface area contributed by atoms with Gasteiger partial charge in [0.05, 0.1) is 12.0 Å². The van der Waals surface area contributed by atoms with E-state index in [4.69, 9.17) is 9.47 Å². The summed E-state index contributed by atoms with van der Waals surface area (Å²) in [5, 5.41) is 105. The molecule has 12 nitrogen and oxygen atoms in total. The summed E-state index contributed by atoms with van der Waals surface area (Å²) < 4.78 is 12.1. The van der Waals surface area contributed by atoms with Crippen LogP contribution < -0.4 is 9.47 Å². The molecule has 0 radical (unpaired) electrons. The van der Waals surface area contributed by atoms with Crippen molar-refractivity contribution in [3.05, 3.63) is 82.4 Å². The average Bonchev–Trinajstić information content (AvgIpc) is 2.93. The van der Waals surface area contributed by atoms with Crippen LogP contribution in [0, 0.1) is 0 Å². The number of fused-ring (bicyclic) bond motifs is 2. The van der Waals surface area contributed by atoms with Gasteiger partial charge in [-0.3, -0.25) is 0 Å². The highest BCUT2D eigenvalue weighted by Crippen LogP contribution is 2.57. The van der Waals surface area contributed by atoms with Gasteiger partial charge in [-0.25, -0.2) is 0 Å². The normalized spacial score (nSPS) is 22.9. The molecule has 4 aromatic carbocycles. The van der Waals surface area contributed by atoms with Gasteiger partial charge in [0.1, 0.15) is 46.7 Å². The number of benzene rings is 4. The molecule has 0 fully saturated rings. The maximum atomic E-state index is 11.8. The van der Waals surface area contributed by atoms with E-state index in [0.717, 1.165) is 12.1 Å². The fourth-order valence-corrected chi connectivity index (χ4v) is 5.71. The van der Waals surface area contributed by atoms with E-state index in [9.17, 15) is 51.1 Å². The maximum Gasteiger partial charge on any atom is 0.157 e. The van der Waals surface area contributed by atoms with Crippen molar-refractivity contribution in [2.45, 2.75) is 36.8 Å². The van der Waals surface area contributed by atoms with E-state index in [1.807, 2.05) is 0 Å². The molecule has 2 aliphatic rings. The van der Waals surface area contributed by atoms with Gasteiger partial charge in [0.15, 0.2) is 29.1 Å². The van der Waals surface area contributed by atoms with Crippen molar-refractivity contribution in [1.82, 2.24) is 0 Å². The molecule has 12 heteroatoms. The number of aliphatic hydroxyl groups excluding tert-OH is 2. The maximum absolute atomic E-state index is 11.8. The minimum absolute atomic E-state index is 0.0312. The first-order chi connectivity index (χ1) is 19.9. The molecule has 0 aromatic heterocycles. The predicted octanol–water partition coefficient (Wildman–Crippen LogP) is 3.00. The molecule has 0 bridgehead atoms. The third-order valence-electron chi connectivity index (χ3n) is 7.67. The smallest absolute Gasteiger partial charge is 0.157 e. The van der Waals surface area contributed by atoms with Gasteiger partial charge in [-0.05, 0) is 35.4 Å². The molecule has 2 aliphatic heterocycles. The topological polar surface area (TPSA) is 221 Å². The van der Waals surface area contributed by atoms with Crippen LogP contribution in [0.25, 0.3) is 0 Å². The van der Waals surface area contributed by atoms with Gasteiger partial charge in [0, 0.05) is 41.3 Å². The fourth-order valence-electron chi connectivity index (χ4n) is 5.71. The van der Waals surface area contributed by atoms with E-state index in [1.165, 1.54) is 42.5 Å². The number of hydrogen-bond donors (Lipinski definition) is 10. The van der Waals surface area contributed by atoms with E-state index < -0.39 is 70.6 Å². The Kier molecular flexibility index (Phi) is 6.24. The van der Waals surface area contributed by atoms with Crippen molar-refractivity contribution >= 4 is 0 Å². The summed E-state index contributed by atoms with van der Waals surface area (Å²) in [4.78, 5) is 0. The van der Waals surface area contributed by atoms with Crippen molar-refractivity contribution in [3.63, 3.8) is 0 Å². The lowest BCUT2D eigenvalue weighted by Gasteiger charge is -2.40. The first-order valence-electron chi connectivity index (χ1n) is 12.8. The molecular weight excluding hydrogens is 553 g/mol. The SMILES string of the molecule is Oc1cc(O)c2c(c1)O[C@@H](c1ccc(O)c(O)c1)[C@H](O)[13C@H]2c1c(O)cc(O)c2c1O[C@H](c1ccc(O)c(O)c1)[C@@H](O)C2. The van der Waals surface area contributed by atoms with Gasteiger partial charge < -0.3 is 60.5 Å². The largest absolute Gasteiger partial charge is 0.508 e. The highest BCUT2D eigenvalue weighted by atomic mass is 16.5. The summed E-state index contributed by atoms with van der Waals surface area (Å²) in [5.74, 6) is -5.08. The molecule has 4 aromatic rings. The summed E-state index contributed by atoms with van der Waals surface area (Å²) in [7, 11) is 0. The minimum Gasteiger partial charge on any atom is -0.508 e. The van der Waals surface area contributed by atoms with E-state index in [1.54, 1.807) is 0 Å². The summed E-state index contributed by atoms with van der Waals surface area (Å²) in [6.07, 6.45) is -5.43. The predicted molar refractivity (Wildman–Crippen MR) is 143 cm³/mol. The van der Waals surface area contributed by atoms with E-state index in [2.05, 4.69) is 0 Å². The Morgan fingerprint density at radius 3 is 1.76 bits per heavy atom. The summed E-state index contributed by atoms with van der Waals surface area (Å²) in [5.41, 5.74) is 0.435. The zero-order valence-corrected chi connectivity index (χ0v) is 21.6. The molecule has 0 aliphatic carbocycles. The van der Waals surface area contributed by atoms with Crippen LogP contribution >= 0.6 is 0 Å². The molecule has 10 N–H and O–H groups in total. The Morgan fingerprint density at radius 1 is 0.548 bits per heavy atom. The molecule has 6 rings (SSSR count). The van der Waals surface area contributed by atoms with Crippen LogP contribution in [-0.2, 0) is 6.42 Å². The number of phenols is 8. The highest BCUT2D eigenvalue weighted by Gasteiger charge is 2.46. The van der Waals surface area contributed by atoms with Crippen molar-refractivity contribution in [2.24, 2.45) is 0 Å². The lowest BCUT2D eigenvalue weighted by molar-refractivity contribution is 0.00115. The van der Waals surface area contributed by atoms with Crippen molar-refractivity contribution in [2.75, 3.05) is 0 Å². The van der Waals surface area contributed by atoms with E-state index >= 15 is 0 Å². The van der Waals surface area contributed by atoms with Crippen LogP contribution in [0.2, 0.25) is 0 Å². The number of aromatic hydroxyl groups is 8. The van der Waals surface area contributed by atoms with Crippen LogP contribution in [0.1, 0.15) is 45.9 Å². The molecule has 0 saturated heterocycles. The summed E-state index contributed by atoms with van der Waals surface area (Å²) in [6, 6.07) is 10.8. The molecule has 0 spiro atoms. The zero-order chi connectivity index (χ0) is 30.0. The van der Waals surface area contributed by atoms with Gasteiger partial charge in [-0.15, -0.1) is 0 Å². The Hall–Kier alpha value is -5.20. The van der Waals surface area contributed by atoms with Crippen LogP contribution in [-0.4, -0.2) is 63.3 Å². The second kappa shape index (κ2) is 9.72. The molecule has 2 heterocycles. The molecule has 42 heavy (non-hydrogen) atoms. The highest BCUT2D eigenvalue weighted by molar-refractivity contribution is 5.65.